The molecule has 0 fully saturated rings. The summed E-state index contributed by atoms with van der Waals surface area (Å²) in [6.45, 7) is 5.96. The van der Waals surface area contributed by atoms with Crippen LogP contribution in [0.15, 0.2) is 91.5 Å². The summed E-state index contributed by atoms with van der Waals surface area (Å²) in [6, 6.07) is 21.9. The smallest absolute Gasteiger partial charge is 0.0555 e. The highest BCUT2D eigenvalue weighted by Gasteiger charge is 2.16. The maximum Gasteiger partial charge on any atom is 0.0555 e. The average molecular weight is 366 g/mol. The van der Waals surface area contributed by atoms with Crippen LogP contribution in [0.4, 0.5) is 0 Å². The van der Waals surface area contributed by atoms with Crippen molar-refractivity contribution < 1.29 is 0 Å². The van der Waals surface area contributed by atoms with Gasteiger partial charge in [0.25, 0.3) is 0 Å². The first-order valence-electron chi connectivity index (χ1n) is 9.12. The molecule has 0 amide bonds. The minimum atomic E-state index is 1.12. The summed E-state index contributed by atoms with van der Waals surface area (Å²) < 4.78 is 5.05. The second kappa shape index (κ2) is 6.26. The highest BCUT2D eigenvalue weighted by atomic mass is 32.1. The van der Waals surface area contributed by atoms with Gasteiger partial charge in [-0.15, -0.1) is 11.3 Å². The molecule has 2 heterocycles. The monoisotopic (exact) mass is 365 g/mol. The Morgan fingerprint density at radius 1 is 0.889 bits per heavy atom. The zero-order valence-corrected chi connectivity index (χ0v) is 16.0. The first kappa shape index (κ1) is 16.1. The largest absolute Gasteiger partial charge is 0.309 e. The van der Waals surface area contributed by atoms with Gasteiger partial charge < -0.3 is 4.57 Å². The van der Waals surface area contributed by atoms with Crippen molar-refractivity contribution in [1.29, 1.82) is 0 Å². The minimum absolute atomic E-state index is 1.12. The first-order chi connectivity index (χ1) is 13.3. The van der Waals surface area contributed by atoms with E-state index in [1.807, 2.05) is 17.4 Å². The summed E-state index contributed by atoms with van der Waals surface area (Å²) in [5, 5.41) is 5.31. The lowest BCUT2D eigenvalue weighted by molar-refractivity contribution is 1.24. The summed E-state index contributed by atoms with van der Waals surface area (Å²) in [4.78, 5) is 0. The molecule has 0 bridgehead atoms. The number of aromatic nitrogens is 1. The third kappa shape index (κ3) is 2.30. The van der Waals surface area contributed by atoms with Gasteiger partial charge in [-0.1, -0.05) is 61.2 Å². The van der Waals surface area contributed by atoms with Crippen molar-refractivity contribution in [3.63, 3.8) is 0 Å². The summed E-state index contributed by atoms with van der Waals surface area (Å²) >= 11 is 1.89. The molecule has 2 aromatic heterocycles. The molecule has 0 aliphatic rings. The van der Waals surface area contributed by atoms with Gasteiger partial charge in [0, 0.05) is 36.6 Å². The number of benzene rings is 3. The molecular weight excluding hydrogens is 346 g/mol. The van der Waals surface area contributed by atoms with E-state index in [4.69, 9.17) is 0 Å². The van der Waals surface area contributed by atoms with Gasteiger partial charge in [0.15, 0.2) is 0 Å². The van der Waals surface area contributed by atoms with Gasteiger partial charge in [-0.2, -0.15) is 0 Å². The van der Waals surface area contributed by atoms with E-state index in [1.165, 1.54) is 42.0 Å². The molecule has 5 rings (SSSR count). The molecule has 1 nitrogen and oxygen atoms in total. The van der Waals surface area contributed by atoms with Crippen molar-refractivity contribution in [3.05, 3.63) is 91.5 Å². The Morgan fingerprint density at radius 2 is 1.67 bits per heavy atom. The Kier molecular flexibility index (Phi) is 3.73. The van der Waals surface area contributed by atoms with E-state index in [0.717, 1.165) is 5.70 Å². The maximum atomic E-state index is 3.91. The zero-order chi connectivity index (χ0) is 18.4. The number of hydrogen-bond acceptors (Lipinski definition) is 1. The van der Waals surface area contributed by atoms with Crippen LogP contribution in [0.1, 0.15) is 6.92 Å². The van der Waals surface area contributed by atoms with Crippen LogP contribution in [0.25, 0.3) is 47.7 Å². The lowest BCUT2D eigenvalue weighted by atomic mass is 10.1. The van der Waals surface area contributed by atoms with Crippen LogP contribution in [0.2, 0.25) is 0 Å². The van der Waals surface area contributed by atoms with Gasteiger partial charge in [-0.25, -0.2) is 0 Å². The van der Waals surface area contributed by atoms with Gasteiger partial charge in [0.2, 0.25) is 0 Å². The van der Waals surface area contributed by atoms with Crippen molar-refractivity contribution >= 4 is 59.0 Å². The molecule has 0 aliphatic carbocycles. The molecule has 0 saturated heterocycles. The topological polar surface area (TPSA) is 4.93 Å². The lowest BCUT2D eigenvalue weighted by Gasteiger charge is -2.08. The second-order valence-corrected chi connectivity index (χ2v) is 7.67. The third-order valence-corrected chi connectivity index (χ3v) is 6.27. The normalized spacial score (nSPS) is 12.9. The molecule has 27 heavy (non-hydrogen) atoms. The van der Waals surface area contributed by atoms with Crippen molar-refractivity contribution in [2.24, 2.45) is 0 Å². The molecule has 0 saturated carbocycles. The Bertz CT molecular complexity index is 1390. The van der Waals surface area contributed by atoms with Crippen LogP contribution in [0.5, 0.6) is 0 Å². The predicted octanol–water partition coefficient (Wildman–Crippen LogP) is 7.77. The van der Waals surface area contributed by atoms with E-state index in [2.05, 4.69) is 97.0 Å². The van der Waals surface area contributed by atoms with E-state index in [1.54, 1.807) is 0 Å². The van der Waals surface area contributed by atoms with Crippen molar-refractivity contribution in [2.45, 2.75) is 6.92 Å². The molecule has 0 spiro atoms. The lowest BCUT2D eigenvalue weighted by Crippen LogP contribution is -1.94. The number of fused-ring (bicyclic) bond motifs is 7. The molecule has 0 radical (unpaired) electrons. The number of rotatable bonds is 3. The van der Waals surface area contributed by atoms with Crippen LogP contribution >= 0.6 is 11.3 Å². The molecular formula is C25H19NS. The fourth-order valence-corrected chi connectivity index (χ4v) is 5.27. The molecule has 2 heteroatoms. The summed E-state index contributed by atoms with van der Waals surface area (Å²) in [5.74, 6) is 0. The number of thiophene rings is 1. The maximum absolute atomic E-state index is 3.91. The van der Waals surface area contributed by atoms with E-state index in [-0.39, 0.29) is 0 Å². The number of allylic oxidation sites excluding steroid dienone is 5. The van der Waals surface area contributed by atoms with E-state index in [0.29, 0.717) is 0 Å². The Hall–Kier alpha value is -3.10. The first-order valence-corrected chi connectivity index (χ1v) is 9.94. The number of para-hydroxylation sites is 1. The van der Waals surface area contributed by atoms with Crippen molar-refractivity contribution in [1.82, 2.24) is 4.57 Å². The molecule has 0 unspecified atom stereocenters. The fourth-order valence-electron chi connectivity index (χ4n) is 4.01. The highest BCUT2D eigenvalue weighted by Crippen LogP contribution is 2.43. The second-order valence-electron chi connectivity index (χ2n) is 6.61. The number of hydrogen-bond donors (Lipinski definition) is 0. The minimum Gasteiger partial charge on any atom is -0.309 e. The van der Waals surface area contributed by atoms with Crippen molar-refractivity contribution in [3.8, 4) is 0 Å². The van der Waals surface area contributed by atoms with Crippen molar-refractivity contribution in [2.75, 3.05) is 0 Å². The van der Waals surface area contributed by atoms with Crippen LogP contribution < -0.4 is 0 Å². The molecule has 0 aliphatic heterocycles. The summed E-state index contributed by atoms with van der Waals surface area (Å²) in [6.07, 6.45) is 8.14. The Morgan fingerprint density at radius 3 is 2.48 bits per heavy atom. The number of nitrogens with zero attached hydrogens (tertiary/aromatic N) is 1. The van der Waals surface area contributed by atoms with Crippen LogP contribution in [-0.4, -0.2) is 4.57 Å². The van der Waals surface area contributed by atoms with Crippen LogP contribution in [-0.2, 0) is 0 Å². The summed E-state index contributed by atoms with van der Waals surface area (Å²) in [7, 11) is 0. The predicted molar refractivity (Wildman–Crippen MR) is 122 cm³/mol. The van der Waals surface area contributed by atoms with E-state index >= 15 is 0 Å². The average Bonchev–Trinajstić information content (AvgIpc) is 3.23. The SMILES string of the molecule is C=C/C=C(\C=C/C)n1c2ccccc2c2c3sc4ccccc4c3ccc21. The molecule has 3 aromatic carbocycles. The van der Waals surface area contributed by atoms with Gasteiger partial charge in [0.1, 0.15) is 0 Å². The highest BCUT2D eigenvalue weighted by molar-refractivity contribution is 7.26. The van der Waals surface area contributed by atoms with Gasteiger partial charge >= 0.3 is 0 Å². The standard InChI is InChI=1S/C25H19NS/c1-3-9-17(10-4-2)26-21-13-7-5-12-20(21)24-22(26)16-15-19-18-11-6-8-14-23(18)27-25(19)24/h3-16H,1H2,2H3/b10-4-,17-9+. The molecule has 130 valence electrons. The fraction of sp³-hybridized carbons (Fsp3) is 0.0400. The van der Waals surface area contributed by atoms with Gasteiger partial charge in [-0.05, 0) is 37.3 Å². The van der Waals surface area contributed by atoms with Gasteiger partial charge in [-0.3, -0.25) is 0 Å². The zero-order valence-electron chi connectivity index (χ0n) is 15.1. The van der Waals surface area contributed by atoms with E-state index in [9.17, 15) is 0 Å². The third-order valence-electron chi connectivity index (χ3n) is 5.06. The Balaban J connectivity index is 2.03. The van der Waals surface area contributed by atoms with E-state index < -0.39 is 0 Å². The quantitative estimate of drug-likeness (QED) is 0.288. The molecule has 0 atom stereocenters. The Labute approximate surface area is 162 Å². The molecule has 5 aromatic rings. The molecule has 0 N–H and O–H groups in total. The van der Waals surface area contributed by atoms with Crippen LogP contribution in [0, 0.1) is 0 Å². The summed E-state index contributed by atoms with van der Waals surface area (Å²) in [5.41, 5.74) is 3.59. The van der Waals surface area contributed by atoms with Crippen LogP contribution in [0.3, 0.4) is 0 Å². The van der Waals surface area contributed by atoms with Gasteiger partial charge in [0.05, 0.1) is 11.0 Å².